The zero-order chi connectivity index (χ0) is 11.1. The van der Waals surface area contributed by atoms with Crippen molar-refractivity contribution >= 4 is 0 Å². The van der Waals surface area contributed by atoms with E-state index in [-0.39, 0.29) is 5.54 Å². The van der Waals surface area contributed by atoms with E-state index in [0.717, 1.165) is 18.8 Å². The van der Waals surface area contributed by atoms with E-state index in [9.17, 15) is 0 Å². The Morgan fingerprint density at radius 3 is 2.80 bits per heavy atom. The summed E-state index contributed by atoms with van der Waals surface area (Å²) in [5.74, 6) is 1.45. The third-order valence-electron chi connectivity index (χ3n) is 3.51. The van der Waals surface area contributed by atoms with Gasteiger partial charge in [-0.2, -0.15) is 0 Å². The van der Waals surface area contributed by atoms with Gasteiger partial charge >= 0.3 is 0 Å². The molecule has 1 aliphatic heterocycles. The van der Waals surface area contributed by atoms with Crippen LogP contribution in [0.1, 0.15) is 31.9 Å². The van der Waals surface area contributed by atoms with E-state index in [2.05, 4.69) is 32.9 Å². The molecule has 0 spiro atoms. The lowest BCUT2D eigenvalue weighted by Crippen LogP contribution is -2.38. The monoisotopic (exact) mass is 205 g/mol. The molecule has 1 aromatic carbocycles. The van der Waals surface area contributed by atoms with E-state index in [1.54, 1.807) is 0 Å². The van der Waals surface area contributed by atoms with Crippen LogP contribution in [0.3, 0.4) is 0 Å². The molecule has 2 heteroatoms. The van der Waals surface area contributed by atoms with Crippen LogP contribution in [0.2, 0.25) is 0 Å². The minimum Gasteiger partial charge on any atom is -0.493 e. The molecule has 0 fully saturated rings. The van der Waals surface area contributed by atoms with Crippen LogP contribution in [-0.4, -0.2) is 6.61 Å². The van der Waals surface area contributed by atoms with Gasteiger partial charge in [-0.3, -0.25) is 0 Å². The van der Waals surface area contributed by atoms with E-state index >= 15 is 0 Å². The Labute approximate surface area is 91.4 Å². The largest absolute Gasteiger partial charge is 0.493 e. The van der Waals surface area contributed by atoms with E-state index in [1.165, 1.54) is 11.1 Å². The average Bonchev–Trinajstić information content (AvgIpc) is 2.63. The van der Waals surface area contributed by atoms with E-state index in [1.807, 2.05) is 6.07 Å². The molecule has 0 bridgehead atoms. The van der Waals surface area contributed by atoms with Gasteiger partial charge in [0.15, 0.2) is 0 Å². The van der Waals surface area contributed by atoms with E-state index in [0.29, 0.717) is 5.92 Å². The molecular weight excluding hydrogens is 186 g/mol. The smallest absolute Gasteiger partial charge is 0.122 e. The fourth-order valence-corrected chi connectivity index (χ4v) is 1.85. The van der Waals surface area contributed by atoms with Gasteiger partial charge in [0.1, 0.15) is 5.75 Å². The normalized spacial score (nSPS) is 18.5. The van der Waals surface area contributed by atoms with Crippen molar-refractivity contribution in [2.75, 3.05) is 6.61 Å². The predicted octanol–water partition coefficient (Wildman–Crippen LogP) is 2.45. The van der Waals surface area contributed by atoms with Crippen LogP contribution in [0.5, 0.6) is 5.75 Å². The highest BCUT2D eigenvalue weighted by Crippen LogP contribution is 2.32. The Kier molecular flexibility index (Phi) is 2.47. The molecule has 0 aromatic heterocycles. The van der Waals surface area contributed by atoms with E-state index < -0.39 is 0 Å². The summed E-state index contributed by atoms with van der Waals surface area (Å²) >= 11 is 0. The average molecular weight is 205 g/mol. The molecule has 2 nitrogen and oxygen atoms in total. The third kappa shape index (κ3) is 1.74. The lowest BCUT2D eigenvalue weighted by atomic mass is 9.82. The number of hydrogen-bond acceptors (Lipinski definition) is 2. The molecule has 0 amide bonds. The maximum atomic E-state index is 6.33. The van der Waals surface area contributed by atoms with Crippen molar-refractivity contribution in [3.8, 4) is 5.75 Å². The quantitative estimate of drug-likeness (QED) is 0.805. The molecule has 1 unspecified atom stereocenters. The highest BCUT2D eigenvalue weighted by molar-refractivity contribution is 5.42. The minimum atomic E-state index is -0.252. The molecule has 1 aromatic rings. The zero-order valence-corrected chi connectivity index (χ0v) is 9.71. The number of ether oxygens (including phenoxy) is 1. The molecule has 1 aliphatic rings. The number of hydrogen-bond donors (Lipinski definition) is 1. The van der Waals surface area contributed by atoms with Crippen molar-refractivity contribution in [3.63, 3.8) is 0 Å². The van der Waals surface area contributed by atoms with Gasteiger partial charge in [-0.1, -0.05) is 26.0 Å². The van der Waals surface area contributed by atoms with Crippen LogP contribution < -0.4 is 10.5 Å². The summed E-state index contributed by atoms with van der Waals surface area (Å²) in [5.41, 5.74) is 8.59. The number of nitrogens with two attached hydrogens (primary N) is 1. The van der Waals surface area contributed by atoms with Crippen LogP contribution in [-0.2, 0) is 12.0 Å². The standard InChI is InChI=1S/C13H19NO/c1-9(2)13(3,14)11-4-5-12-10(8-11)6-7-15-12/h4-5,8-9H,6-7,14H2,1-3H3. The van der Waals surface area contributed by atoms with Gasteiger partial charge < -0.3 is 10.5 Å². The van der Waals surface area contributed by atoms with Crippen molar-refractivity contribution in [1.29, 1.82) is 0 Å². The second-order valence-corrected chi connectivity index (χ2v) is 4.86. The first-order valence-electron chi connectivity index (χ1n) is 5.57. The molecule has 0 aliphatic carbocycles. The van der Waals surface area contributed by atoms with Gasteiger partial charge in [-0.05, 0) is 30.0 Å². The number of rotatable bonds is 2. The topological polar surface area (TPSA) is 35.2 Å². The summed E-state index contributed by atoms with van der Waals surface area (Å²) in [6.45, 7) is 7.21. The maximum absolute atomic E-state index is 6.33. The van der Waals surface area contributed by atoms with Crippen LogP contribution >= 0.6 is 0 Å². The maximum Gasteiger partial charge on any atom is 0.122 e. The SMILES string of the molecule is CC(C)C(C)(N)c1ccc2c(c1)CCO2. The van der Waals surface area contributed by atoms with Crippen molar-refractivity contribution in [1.82, 2.24) is 0 Å². The Balaban J connectivity index is 2.38. The number of fused-ring (bicyclic) bond motifs is 1. The lowest BCUT2D eigenvalue weighted by molar-refractivity contribution is 0.348. The predicted molar refractivity (Wildman–Crippen MR) is 62.0 cm³/mol. The minimum absolute atomic E-state index is 0.252. The van der Waals surface area contributed by atoms with Gasteiger partial charge in [-0.15, -0.1) is 0 Å². The Bertz CT molecular complexity index is 369. The Morgan fingerprint density at radius 1 is 1.40 bits per heavy atom. The highest BCUT2D eigenvalue weighted by Gasteiger charge is 2.26. The summed E-state index contributed by atoms with van der Waals surface area (Å²) < 4.78 is 5.49. The first kappa shape index (κ1) is 10.5. The molecule has 15 heavy (non-hydrogen) atoms. The van der Waals surface area contributed by atoms with Gasteiger partial charge in [-0.25, -0.2) is 0 Å². The first-order chi connectivity index (χ1) is 7.01. The van der Waals surface area contributed by atoms with Crippen molar-refractivity contribution in [2.24, 2.45) is 11.7 Å². The van der Waals surface area contributed by atoms with E-state index in [4.69, 9.17) is 10.5 Å². The van der Waals surface area contributed by atoms with Gasteiger partial charge in [0.25, 0.3) is 0 Å². The molecule has 82 valence electrons. The Hall–Kier alpha value is -1.02. The summed E-state index contributed by atoms with van der Waals surface area (Å²) in [5, 5.41) is 0. The summed E-state index contributed by atoms with van der Waals surface area (Å²) in [7, 11) is 0. The van der Waals surface area contributed by atoms with Crippen LogP contribution in [0.25, 0.3) is 0 Å². The van der Waals surface area contributed by atoms with Crippen LogP contribution in [0.4, 0.5) is 0 Å². The van der Waals surface area contributed by atoms with Gasteiger partial charge in [0.05, 0.1) is 6.61 Å². The summed E-state index contributed by atoms with van der Waals surface area (Å²) in [4.78, 5) is 0. The number of benzene rings is 1. The van der Waals surface area contributed by atoms with Crippen molar-refractivity contribution < 1.29 is 4.74 Å². The second kappa shape index (κ2) is 3.53. The third-order valence-corrected chi connectivity index (χ3v) is 3.51. The molecule has 2 N–H and O–H groups in total. The summed E-state index contributed by atoms with van der Waals surface area (Å²) in [6, 6.07) is 6.33. The molecule has 1 atom stereocenters. The Morgan fingerprint density at radius 2 is 2.13 bits per heavy atom. The molecule has 0 saturated carbocycles. The molecule has 2 rings (SSSR count). The van der Waals surface area contributed by atoms with Crippen molar-refractivity contribution in [2.45, 2.75) is 32.7 Å². The van der Waals surface area contributed by atoms with Gasteiger partial charge in [0.2, 0.25) is 0 Å². The second-order valence-electron chi connectivity index (χ2n) is 4.86. The van der Waals surface area contributed by atoms with Crippen LogP contribution in [0.15, 0.2) is 18.2 Å². The summed E-state index contributed by atoms with van der Waals surface area (Å²) in [6.07, 6.45) is 1.01. The fourth-order valence-electron chi connectivity index (χ4n) is 1.85. The zero-order valence-electron chi connectivity index (χ0n) is 9.71. The highest BCUT2D eigenvalue weighted by atomic mass is 16.5. The molecular formula is C13H19NO. The van der Waals surface area contributed by atoms with Crippen LogP contribution in [0, 0.1) is 5.92 Å². The lowest BCUT2D eigenvalue weighted by Gasteiger charge is -2.30. The molecule has 0 saturated heterocycles. The first-order valence-corrected chi connectivity index (χ1v) is 5.57. The van der Waals surface area contributed by atoms with Gasteiger partial charge in [0, 0.05) is 12.0 Å². The fraction of sp³-hybridized carbons (Fsp3) is 0.538. The molecule has 1 heterocycles. The van der Waals surface area contributed by atoms with Crippen molar-refractivity contribution in [3.05, 3.63) is 29.3 Å². The molecule has 0 radical (unpaired) electrons.